The fraction of sp³-hybridized carbons (Fsp3) is 0.250. The number of methoxy groups -OCH3 is 1. The molecule has 0 aromatic heterocycles. The van der Waals surface area contributed by atoms with Crippen molar-refractivity contribution in [3.05, 3.63) is 64.1 Å². The first-order valence-corrected chi connectivity index (χ1v) is 9.14. The van der Waals surface area contributed by atoms with Crippen molar-refractivity contribution in [1.29, 1.82) is 0 Å². The van der Waals surface area contributed by atoms with Crippen molar-refractivity contribution in [2.75, 3.05) is 38.2 Å². The minimum Gasteiger partial charge on any atom is -0.495 e. The number of rotatable bonds is 4. The van der Waals surface area contributed by atoms with Crippen LogP contribution in [0.4, 0.5) is 5.69 Å². The standard InChI is InChI=1S/C20H20Cl2N2O2/c1-26-19-8-3-2-7-18(19)23-11-13-24(14-12-23)20(25)10-9-15-16(21)5-4-6-17(15)22/h2-10H,11-14H2,1H3/b10-9+. The van der Waals surface area contributed by atoms with Crippen molar-refractivity contribution >= 4 is 40.9 Å². The molecule has 0 N–H and O–H groups in total. The highest BCUT2D eigenvalue weighted by Crippen LogP contribution is 2.28. The van der Waals surface area contributed by atoms with Crippen LogP contribution >= 0.6 is 23.2 Å². The first kappa shape index (κ1) is 18.6. The van der Waals surface area contributed by atoms with Gasteiger partial charge in [-0.15, -0.1) is 0 Å². The lowest BCUT2D eigenvalue weighted by molar-refractivity contribution is -0.126. The molecule has 1 aliphatic rings. The van der Waals surface area contributed by atoms with Crippen LogP contribution in [-0.4, -0.2) is 44.1 Å². The molecule has 6 heteroatoms. The largest absolute Gasteiger partial charge is 0.495 e. The normalized spacial score (nSPS) is 14.7. The lowest BCUT2D eigenvalue weighted by atomic mass is 10.2. The van der Waals surface area contributed by atoms with E-state index >= 15 is 0 Å². The molecule has 0 saturated carbocycles. The molecule has 0 bridgehead atoms. The third kappa shape index (κ3) is 4.14. The maximum absolute atomic E-state index is 12.5. The molecular weight excluding hydrogens is 371 g/mol. The van der Waals surface area contributed by atoms with Crippen LogP contribution in [0, 0.1) is 0 Å². The number of anilines is 1. The highest BCUT2D eigenvalue weighted by Gasteiger charge is 2.21. The lowest BCUT2D eigenvalue weighted by Crippen LogP contribution is -2.48. The number of benzene rings is 2. The van der Waals surface area contributed by atoms with Gasteiger partial charge in [-0.25, -0.2) is 0 Å². The fourth-order valence-corrected chi connectivity index (χ4v) is 3.51. The van der Waals surface area contributed by atoms with Crippen LogP contribution in [0.1, 0.15) is 5.56 Å². The summed E-state index contributed by atoms with van der Waals surface area (Å²) in [5.74, 6) is 0.807. The molecule has 0 unspecified atom stereocenters. The van der Waals surface area contributed by atoms with E-state index in [0.29, 0.717) is 28.7 Å². The second-order valence-electron chi connectivity index (χ2n) is 5.95. The molecule has 136 valence electrons. The number of carbonyl (C=O) groups excluding carboxylic acids is 1. The van der Waals surface area contributed by atoms with Gasteiger partial charge in [0, 0.05) is 47.9 Å². The lowest BCUT2D eigenvalue weighted by Gasteiger charge is -2.36. The number of nitrogens with zero attached hydrogens (tertiary/aromatic N) is 2. The first-order valence-electron chi connectivity index (χ1n) is 8.39. The molecule has 1 aliphatic heterocycles. The van der Waals surface area contributed by atoms with E-state index in [9.17, 15) is 4.79 Å². The maximum atomic E-state index is 12.5. The minimum atomic E-state index is -0.0411. The van der Waals surface area contributed by atoms with Crippen molar-refractivity contribution in [2.45, 2.75) is 0 Å². The molecule has 2 aromatic carbocycles. The number of amides is 1. The number of hydrogen-bond acceptors (Lipinski definition) is 3. The van der Waals surface area contributed by atoms with Gasteiger partial charge < -0.3 is 14.5 Å². The molecule has 0 radical (unpaired) electrons. The van der Waals surface area contributed by atoms with Gasteiger partial charge in [0.2, 0.25) is 5.91 Å². The molecule has 0 spiro atoms. The van der Waals surface area contributed by atoms with Crippen LogP contribution in [-0.2, 0) is 4.79 Å². The molecule has 0 aliphatic carbocycles. The summed E-state index contributed by atoms with van der Waals surface area (Å²) in [5, 5.41) is 1.06. The van der Waals surface area contributed by atoms with Crippen molar-refractivity contribution in [1.82, 2.24) is 4.90 Å². The number of piperazine rings is 1. The van der Waals surface area contributed by atoms with Gasteiger partial charge in [0.25, 0.3) is 0 Å². The summed E-state index contributed by atoms with van der Waals surface area (Å²) in [4.78, 5) is 16.5. The van der Waals surface area contributed by atoms with Crippen LogP contribution in [0.15, 0.2) is 48.5 Å². The van der Waals surface area contributed by atoms with Gasteiger partial charge in [-0.2, -0.15) is 0 Å². The van der Waals surface area contributed by atoms with E-state index in [-0.39, 0.29) is 5.91 Å². The van der Waals surface area contributed by atoms with Crippen LogP contribution in [0.25, 0.3) is 6.08 Å². The Morgan fingerprint density at radius 2 is 1.65 bits per heavy atom. The summed E-state index contributed by atoms with van der Waals surface area (Å²) < 4.78 is 5.42. The number of hydrogen-bond donors (Lipinski definition) is 0. The van der Waals surface area contributed by atoms with E-state index in [0.717, 1.165) is 24.5 Å². The Morgan fingerprint density at radius 1 is 1.00 bits per heavy atom. The van der Waals surface area contributed by atoms with Crippen LogP contribution in [0.5, 0.6) is 5.75 Å². The Bertz CT molecular complexity index is 795. The zero-order chi connectivity index (χ0) is 18.5. The zero-order valence-corrected chi connectivity index (χ0v) is 16.0. The van der Waals surface area contributed by atoms with E-state index in [1.807, 2.05) is 29.2 Å². The third-order valence-electron chi connectivity index (χ3n) is 4.41. The van der Waals surface area contributed by atoms with Crippen LogP contribution in [0.2, 0.25) is 10.0 Å². The summed E-state index contributed by atoms with van der Waals surface area (Å²) in [5.41, 5.74) is 1.72. The number of halogens is 2. The SMILES string of the molecule is COc1ccccc1N1CCN(C(=O)/C=C/c2c(Cl)cccc2Cl)CC1. The first-order chi connectivity index (χ1) is 12.6. The van der Waals surface area contributed by atoms with Gasteiger partial charge in [-0.05, 0) is 30.3 Å². The Morgan fingerprint density at radius 3 is 2.31 bits per heavy atom. The number of ether oxygens (including phenoxy) is 1. The molecule has 0 atom stereocenters. The quantitative estimate of drug-likeness (QED) is 0.726. The maximum Gasteiger partial charge on any atom is 0.246 e. The van der Waals surface area contributed by atoms with Crippen molar-refractivity contribution in [3.63, 3.8) is 0 Å². The van der Waals surface area contributed by atoms with Crippen LogP contribution in [0.3, 0.4) is 0 Å². The molecule has 1 amide bonds. The minimum absolute atomic E-state index is 0.0411. The predicted octanol–water partition coefficient (Wildman–Crippen LogP) is 4.36. The van der Waals surface area contributed by atoms with Gasteiger partial charge in [0.1, 0.15) is 5.75 Å². The predicted molar refractivity (Wildman–Crippen MR) is 107 cm³/mol. The van der Waals surface area contributed by atoms with E-state index < -0.39 is 0 Å². The smallest absolute Gasteiger partial charge is 0.246 e. The molecule has 1 fully saturated rings. The molecule has 1 heterocycles. The van der Waals surface area contributed by atoms with Gasteiger partial charge in [0.05, 0.1) is 12.8 Å². The Balaban J connectivity index is 1.63. The summed E-state index contributed by atoms with van der Waals surface area (Å²) in [6.07, 6.45) is 3.21. The van der Waals surface area contributed by atoms with E-state index in [4.69, 9.17) is 27.9 Å². The summed E-state index contributed by atoms with van der Waals surface area (Å²) in [7, 11) is 1.67. The van der Waals surface area contributed by atoms with Gasteiger partial charge >= 0.3 is 0 Å². The summed E-state index contributed by atoms with van der Waals surface area (Å²) in [6.45, 7) is 2.81. The van der Waals surface area contributed by atoms with Gasteiger partial charge in [-0.1, -0.05) is 41.4 Å². The van der Waals surface area contributed by atoms with Crippen molar-refractivity contribution in [3.8, 4) is 5.75 Å². The van der Waals surface area contributed by atoms with Gasteiger partial charge in [-0.3, -0.25) is 4.79 Å². The molecule has 2 aromatic rings. The number of carbonyl (C=O) groups is 1. The molecule has 4 nitrogen and oxygen atoms in total. The Labute approximate surface area is 163 Å². The highest BCUT2D eigenvalue weighted by atomic mass is 35.5. The van der Waals surface area contributed by atoms with Crippen LogP contribution < -0.4 is 9.64 Å². The second kappa shape index (κ2) is 8.47. The third-order valence-corrected chi connectivity index (χ3v) is 5.07. The molecule has 1 saturated heterocycles. The molecule has 3 rings (SSSR count). The molecule has 26 heavy (non-hydrogen) atoms. The second-order valence-corrected chi connectivity index (χ2v) is 6.77. The van der Waals surface area contributed by atoms with E-state index in [1.54, 1.807) is 31.4 Å². The zero-order valence-electron chi connectivity index (χ0n) is 14.5. The molecular formula is C20H20Cl2N2O2. The Hall–Kier alpha value is -2.17. The van der Waals surface area contributed by atoms with E-state index in [2.05, 4.69) is 4.90 Å². The van der Waals surface area contributed by atoms with Crippen molar-refractivity contribution in [2.24, 2.45) is 0 Å². The van der Waals surface area contributed by atoms with Crippen molar-refractivity contribution < 1.29 is 9.53 Å². The average Bonchev–Trinajstić information content (AvgIpc) is 2.67. The average molecular weight is 391 g/mol. The van der Waals surface area contributed by atoms with E-state index in [1.165, 1.54) is 6.08 Å². The summed E-state index contributed by atoms with van der Waals surface area (Å²) in [6, 6.07) is 13.2. The van der Waals surface area contributed by atoms with Gasteiger partial charge in [0.15, 0.2) is 0 Å². The number of para-hydroxylation sites is 2. The highest BCUT2D eigenvalue weighted by molar-refractivity contribution is 6.37. The summed E-state index contributed by atoms with van der Waals surface area (Å²) >= 11 is 12.3. The Kier molecular flexibility index (Phi) is 6.07. The topological polar surface area (TPSA) is 32.8 Å². The monoisotopic (exact) mass is 390 g/mol. The fourth-order valence-electron chi connectivity index (χ4n) is 2.99.